The normalized spacial score (nSPS) is 10.8. The first-order valence-corrected chi connectivity index (χ1v) is 9.70. The van der Waals surface area contributed by atoms with E-state index in [1.54, 1.807) is 0 Å². The predicted octanol–water partition coefficient (Wildman–Crippen LogP) is 5.92. The summed E-state index contributed by atoms with van der Waals surface area (Å²) in [7, 11) is 0. The van der Waals surface area contributed by atoms with Crippen molar-refractivity contribution in [2.45, 2.75) is 49.5 Å². The average molecular weight is 352 g/mol. The lowest BCUT2D eigenvalue weighted by molar-refractivity contribution is 0.0906. The van der Waals surface area contributed by atoms with Gasteiger partial charge in [0.15, 0.2) is 0 Å². The predicted molar refractivity (Wildman–Crippen MR) is 105 cm³/mol. The maximum absolute atomic E-state index is 6.12. The van der Waals surface area contributed by atoms with E-state index < -0.39 is 0 Å². The lowest BCUT2D eigenvalue weighted by Gasteiger charge is -2.12. The minimum Gasteiger partial charge on any atom is -0.409 e. The minimum atomic E-state index is 0.587. The molecular formula is C22H25NOS. The molecule has 0 aliphatic rings. The van der Waals surface area contributed by atoms with Gasteiger partial charge in [-0.25, -0.2) is 0 Å². The van der Waals surface area contributed by atoms with E-state index in [1.165, 1.54) is 39.5 Å². The van der Waals surface area contributed by atoms with E-state index in [0.717, 1.165) is 6.42 Å². The molecular weight excluding hydrogens is 326 g/mol. The Morgan fingerprint density at radius 2 is 1.64 bits per heavy atom. The summed E-state index contributed by atoms with van der Waals surface area (Å²) in [6.07, 6.45) is 5.51. The Labute approximate surface area is 154 Å². The van der Waals surface area contributed by atoms with E-state index in [-0.39, 0.29) is 0 Å². The van der Waals surface area contributed by atoms with Crippen LogP contribution in [0.15, 0.2) is 76.7 Å². The second-order valence-electron chi connectivity index (χ2n) is 6.19. The standard InChI is InChI=1S/C22H25NOS/c1-3-4-15-21-22(25-20-13-9-6-10-14-20)18(2)16-23(21)24-17-19-11-7-5-8-12-19/h5-14,16H,3-4,15,17H2,1-2H3. The number of hydrogen-bond acceptors (Lipinski definition) is 2. The summed E-state index contributed by atoms with van der Waals surface area (Å²) in [5.74, 6) is 0. The molecule has 0 spiro atoms. The number of rotatable bonds is 8. The van der Waals surface area contributed by atoms with Crippen LogP contribution in [-0.2, 0) is 13.0 Å². The highest BCUT2D eigenvalue weighted by molar-refractivity contribution is 7.99. The highest BCUT2D eigenvalue weighted by Crippen LogP contribution is 2.34. The van der Waals surface area contributed by atoms with E-state index in [2.05, 4.69) is 62.5 Å². The quantitative estimate of drug-likeness (QED) is 0.500. The monoisotopic (exact) mass is 351 g/mol. The molecule has 0 radical (unpaired) electrons. The summed E-state index contributed by atoms with van der Waals surface area (Å²) in [4.78, 5) is 8.72. The molecule has 0 aliphatic carbocycles. The third kappa shape index (κ3) is 4.70. The third-order valence-electron chi connectivity index (χ3n) is 4.14. The number of aromatic nitrogens is 1. The first kappa shape index (κ1) is 17.7. The fraction of sp³-hybridized carbons (Fsp3) is 0.273. The molecule has 0 saturated heterocycles. The summed E-state index contributed by atoms with van der Waals surface area (Å²) in [6.45, 7) is 4.99. The van der Waals surface area contributed by atoms with Crippen molar-refractivity contribution in [1.82, 2.24) is 4.73 Å². The zero-order valence-corrected chi connectivity index (χ0v) is 15.8. The topological polar surface area (TPSA) is 14.2 Å². The number of hydrogen-bond donors (Lipinski definition) is 0. The van der Waals surface area contributed by atoms with E-state index in [4.69, 9.17) is 4.84 Å². The number of unbranched alkanes of at least 4 members (excludes halogenated alkanes) is 1. The van der Waals surface area contributed by atoms with Crippen molar-refractivity contribution in [1.29, 1.82) is 0 Å². The lowest BCUT2D eigenvalue weighted by Crippen LogP contribution is -2.13. The van der Waals surface area contributed by atoms with Crippen molar-refractivity contribution in [2.75, 3.05) is 0 Å². The molecule has 2 nitrogen and oxygen atoms in total. The van der Waals surface area contributed by atoms with Gasteiger partial charge in [0.2, 0.25) is 0 Å². The van der Waals surface area contributed by atoms with Crippen LogP contribution in [-0.4, -0.2) is 4.73 Å². The summed E-state index contributed by atoms with van der Waals surface area (Å²) in [6, 6.07) is 20.9. The molecule has 25 heavy (non-hydrogen) atoms. The van der Waals surface area contributed by atoms with Crippen molar-refractivity contribution in [3.05, 3.63) is 83.7 Å². The van der Waals surface area contributed by atoms with Crippen LogP contribution < -0.4 is 4.84 Å². The van der Waals surface area contributed by atoms with Crippen LogP contribution in [0.5, 0.6) is 0 Å². The molecule has 3 heteroatoms. The number of benzene rings is 2. The Bertz CT molecular complexity index is 781. The molecule has 0 aliphatic heterocycles. The minimum absolute atomic E-state index is 0.587. The summed E-state index contributed by atoms with van der Waals surface area (Å²) >= 11 is 1.83. The van der Waals surface area contributed by atoms with Crippen LogP contribution in [0.2, 0.25) is 0 Å². The lowest BCUT2D eigenvalue weighted by atomic mass is 10.2. The molecule has 2 aromatic carbocycles. The van der Waals surface area contributed by atoms with Crippen LogP contribution in [0, 0.1) is 6.92 Å². The third-order valence-corrected chi connectivity index (χ3v) is 5.41. The summed E-state index contributed by atoms with van der Waals surface area (Å²) in [5, 5.41) is 0. The molecule has 0 N–H and O–H groups in total. The first-order chi connectivity index (χ1) is 12.3. The van der Waals surface area contributed by atoms with Crippen molar-refractivity contribution < 1.29 is 4.84 Å². The van der Waals surface area contributed by atoms with Gasteiger partial charge in [0, 0.05) is 16.0 Å². The highest BCUT2D eigenvalue weighted by atomic mass is 32.2. The maximum atomic E-state index is 6.12. The second-order valence-corrected chi connectivity index (χ2v) is 7.28. The fourth-order valence-corrected chi connectivity index (χ4v) is 3.84. The smallest absolute Gasteiger partial charge is 0.140 e. The van der Waals surface area contributed by atoms with Gasteiger partial charge in [-0.1, -0.05) is 73.6 Å². The van der Waals surface area contributed by atoms with Crippen LogP contribution in [0.1, 0.15) is 36.6 Å². The Balaban J connectivity index is 1.83. The molecule has 0 saturated carbocycles. The molecule has 0 amide bonds. The van der Waals surface area contributed by atoms with Gasteiger partial charge in [-0.05, 0) is 43.0 Å². The zero-order valence-electron chi connectivity index (χ0n) is 14.9. The second kappa shape index (κ2) is 8.82. The fourth-order valence-electron chi connectivity index (χ4n) is 2.79. The van der Waals surface area contributed by atoms with Crippen LogP contribution in [0.3, 0.4) is 0 Å². The molecule has 3 rings (SSSR count). The molecule has 1 aromatic heterocycles. The van der Waals surface area contributed by atoms with E-state index in [0.29, 0.717) is 6.61 Å². The van der Waals surface area contributed by atoms with E-state index >= 15 is 0 Å². The van der Waals surface area contributed by atoms with Gasteiger partial charge in [0.25, 0.3) is 0 Å². The van der Waals surface area contributed by atoms with E-state index in [9.17, 15) is 0 Å². The van der Waals surface area contributed by atoms with Gasteiger partial charge >= 0.3 is 0 Å². The maximum Gasteiger partial charge on any atom is 0.140 e. The van der Waals surface area contributed by atoms with Gasteiger partial charge in [-0.3, -0.25) is 0 Å². The van der Waals surface area contributed by atoms with Gasteiger partial charge in [0.1, 0.15) is 6.61 Å². The number of aryl methyl sites for hydroxylation is 1. The van der Waals surface area contributed by atoms with Gasteiger partial charge in [0.05, 0.1) is 5.69 Å². The van der Waals surface area contributed by atoms with Crippen LogP contribution >= 0.6 is 11.8 Å². The number of nitrogens with zero attached hydrogens (tertiary/aromatic N) is 1. The Morgan fingerprint density at radius 1 is 0.960 bits per heavy atom. The Morgan fingerprint density at radius 3 is 2.32 bits per heavy atom. The highest BCUT2D eigenvalue weighted by Gasteiger charge is 2.15. The molecule has 3 aromatic rings. The summed E-state index contributed by atoms with van der Waals surface area (Å²) < 4.78 is 1.99. The molecule has 1 heterocycles. The molecule has 0 fully saturated rings. The Kier molecular flexibility index (Phi) is 6.24. The SMILES string of the molecule is CCCCc1c(Sc2ccccc2)c(C)cn1OCc1ccccc1. The van der Waals surface area contributed by atoms with Crippen molar-refractivity contribution in [3.63, 3.8) is 0 Å². The Hall–Kier alpha value is -2.13. The first-order valence-electron chi connectivity index (χ1n) is 8.89. The van der Waals surface area contributed by atoms with Crippen molar-refractivity contribution >= 4 is 11.8 Å². The van der Waals surface area contributed by atoms with Crippen LogP contribution in [0.25, 0.3) is 0 Å². The molecule has 0 bridgehead atoms. The summed E-state index contributed by atoms with van der Waals surface area (Å²) in [5.41, 5.74) is 3.74. The van der Waals surface area contributed by atoms with Crippen molar-refractivity contribution in [3.8, 4) is 0 Å². The van der Waals surface area contributed by atoms with Crippen molar-refractivity contribution in [2.24, 2.45) is 0 Å². The van der Waals surface area contributed by atoms with Gasteiger partial charge in [-0.15, -0.1) is 0 Å². The van der Waals surface area contributed by atoms with E-state index in [1.807, 2.05) is 34.7 Å². The van der Waals surface area contributed by atoms with Gasteiger partial charge < -0.3 is 4.84 Å². The molecule has 130 valence electrons. The zero-order chi connectivity index (χ0) is 17.5. The molecule has 0 unspecified atom stereocenters. The van der Waals surface area contributed by atoms with Gasteiger partial charge in [-0.2, -0.15) is 4.73 Å². The van der Waals surface area contributed by atoms with Crippen LogP contribution in [0.4, 0.5) is 0 Å². The largest absolute Gasteiger partial charge is 0.409 e. The average Bonchev–Trinajstić information content (AvgIpc) is 2.95. The molecule has 0 atom stereocenters.